The second-order valence-electron chi connectivity index (χ2n) is 4.96. The van der Waals surface area contributed by atoms with Crippen LogP contribution in [0.5, 0.6) is 0 Å². The first-order valence-electron chi connectivity index (χ1n) is 6.45. The molecule has 2 rings (SSSR count). The van der Waals surface area contributed by atoms with Gasteiger partial charge in [0.25, 0.3) is 0 Å². The van der Waals surface area contributed by atoms with E-state index in [1.54, 1.807) is 23.5 Å². The van der Waals surface area contributed by atoms with Crippen molar-refractivity contribution in [2.45, 2.75) is 32.7 Å². The fourth-order valence-electron chi connectivity index (χ4n) is 2.27. The van der Waals surface area contributed by atoms with E-state index in [1.807, 2.05) is 13.0 Å². The van der Waals surface area contributed by atoms with Crippen LogP contribution in [0.15, 0.2) is 29.6 Å². The van der Waals surface area contributed by atoms with Gasteiger partial charge in [0.15, 0.2) is 0 Å². The number of benzene rings is 1. The van der Waals surface area contributed by atoms with Crippen molar-refractivity contribution in [3.8, 4) is 0 Å². The molecule has 2 aromatic rings. The summed E-state index contributed by atoms with van der Waals surface area (Å²) in [5, 5.41) is 6.59. The van der Waals surface area contributed by atoms with Crippen molar-refractivity contribution in [1.82, 2.24) is 10.3 Å². The van der Waals surface area contributed by atoms with Gasteiger partial charge in [0.1, 0.15) is 10.8 Å². The average Bonchev–Trinajstić information content (AvgIpc) is 2.77. The summed E-state index contributed by atoms with van der Waals surface area (Å²) in [6, 6.07) is 6.78. The zero-order valence-electron chi connectivity index (χ0n) is 11.5. The highest BCUT2D eigenvalue weighted by Gasteiger charge is 2.29. The third kappa shape index (κ3) is 3.39. The van der Waals surface area contributed by atoms with Crippen LogP contribution in [0.3, 0.4) is 0 Å². The molecule has 0 saturated carbocycles. The van der Waals surface area contributed by atoms with Crippen LogP contribution >= 0.6 is 11.3 Å². The van der Waals surface area contributed by atoms with Crippen molar-refractivity contribution >= 4 is 11.3 Å². The second-order valence-corrected chi connectivity index (χ2v) is 5.82. The molecule has 102 valence electrons. The maximum absolute atomic E-state index is 13.3. The van der Waals surface area contributed by atoms with E-state index >= 15 is 0 Å². The van der Waals surface area contributed by atoms with Gasteiger partial charge in [-0.1, -0.05) is 19.1 Å². The van der Waals surface area contributed by atoms with Gasteiger partial charge in [-0.25, -0.2) is 9.37 Å². The Hall–Kier alpha value is -1.26. The molecule has 0 bridgehead atoms. The zero-order valence-corrected chi connectivity index (χ0v) is 12.4. The molecule has 0 amide bonds. The second kappa shape index (κ2) is 5.80. The molecule has 1 heterocycles. The lowest BCUT2D eigenvalue weighted by molar-refractivity contribution is 0.370. The van der Waals surface area contributed by atoms with Crippen molar-refractivity contribution in [2.24, 2.45) is 0 Å². The fourth-order valence-corrected chi connectivity index (χ4v) is 3.20. The Morgan fingerprint density at radius 3 is 2.79 bits per heavy atom. The van der Waals surface area contributed by atoms with Crippen LogP contribution in [0, 0.1) is 12.7 Å². The highest BCUT2D eigenvalue weighted by atomic mass is 32.1. The topological polar surface area (TPSA) is 24.9 Å². The van der Waals surface area contributed by atoms with E-state index < -0.39 is 0 Å². The van der Waals surface area contributed by atoms with Gasteiger partial charge in [0.2, 0.25) is 0 Å². The van der Waals surface area contributed by atoms with Gasteiger partial charge >= 0.3 is 0 Å². The normalized spacial score (nSPS) is 14.3. The van der Waals surface area contributed by atoms with Gasteiger partial charge in [0, 0.05) is 11.1 Å². The van der Waals surface area contributed by atoms with Crippen LogP contribution < -0.4 is 5.32 Å². The number of hydrogen-bond acceptors (Lipinski definition) is 3. The summed E-state index contributed by atoms with van der Waals surface area (Å²) in [4.78, 5) is 4.58. The van der Waals surface area contributed by atoms with E-state index in [2.05, 4.69) is 29.5 Å². The van der Waals surface area contributed by atoms with E-state index in [4.69, 9.17) is 0 Å². The first kappa shape index (κ1) is 14.2. The molecule has 0 saturated heterocycles. The highest BCUT2D eigenvalue weighted by molar-refractivity contribution is 7.09. The molecule has 1 N–H and O–H groups in total. The van der Waals surface area contributed by atoms with Crippen LogP contribution in [0.4, 0.5) is 4.39 Å². The molecule has 1 aromatic carbocycles. The maximum atomic E-state index is 13.3. The minimum atomic E-state index is -0.249. The number of rotatable bonds is 5. The predicted octanol–water partition coefficient (Wildman–Crippen LogP) is 3.66. The molecule has 2 nitrogen and oxygen atoms in total. The van der Waals surface area contributed by atoms with E-state index in [0.717, 1.165) is 29.2 Å². The third-order valence-corrected chi connectivity index (χ3v) is 4.33. The Balaban J connectivity index is 2.29. The fraction of sp³-hybridized carbons (Fsp3) is 0.400. The predicted molar refractivity (Wildman–Crippen MR) is 78.0 cm³/mol. The molecular formula is C15H19FN2S. The number of aryl methyl sites for hydroxylation is 1. The van der Waals surface area contributed by atoms with Crippen LogP contribution in [0.1, 0.15) is 30.1 Å². The molecule has 0 aliphatic heterocycles. The quantitative estimate of drug-likeness (QED) is 0.903. The number of thiazole rings is 1. The Morgan fingerprint density at radius 2 is 2.21 bits per heavy atom. The monoisotopic (exact) mass is 278 g/mol. The van der Waals surface area contributed by atoms with Crippen molar-refractivity contribution in [1.29, 1.82) is 0 Å². The Kier molecular flexibility index (Phi) is 4.32. The number of aromatic nitrogens is 1. The molecule has 0 fully saturated rings. The molecule has 1 atom stereocenters. The number of likely N-dealkylation sites (N-methyl/N-ethyl adjacent to an activating group) is 1. The first-order valence-corrected chi connectivity index (χ1v) is 7.33. The Morgan fingerprint density at radius 1 is 1.42 bits per heavy atom. The summed E-state index contributed by atoms with van der Waals surface area (Å²) in [6.45, 7) is 7.04. The summed E-state index contributed by atoms with van der Waals surface area (Å²) in [5.41, 5.74) is 1.77. The third-order valence-electron chi connectivity index (χ3n) is 3.10. The van der Waals surface area contributed by atoms with Crippen LogP contribution in [0.2, 0.25) is 0 Å². The summed E-state index contributed by atoms with van der Waals surface area (Å²) in [5.74, 6) is -0.188. The van der Waals surface area contributed by atoms with Gasteiger partial charge in [-0.3, -0.25) is 0 Å². The summed E-state index contributed by atoms with van der Waals surface area (Å²) in [7, 11) is 0. The molecule has 1 aromatic heterocycles. The Labute approximate surface area is 117 Å². The van der Waals surface area contributed by atoms with Crippen molar-refractivity contribution in [2.75, 3.05) is 6.54 Å². The lowest BCUT2D eigenvalue weighted by atomic mass is 9.93. The van der Waals surface area contributed by atoms with Crippen molar-refractivity contribution in [3.05, 3.63) is 51.7 Å². The average molecular weight is 278 g/mol. The van der Waals surface area contributed by atoms with E-state index in [0.29, 0.717) is 0 Å². The number of nitrogens with one attached hydrogen (secondary N) is 1. The molecule has 0 spiro atoms. The van der Waals surface area contributed by atoms with Crippen LogP contribution in [-0.4, -0.2) is 11.5 Å². The van der Waals surface area contributed by atoms with E-state index in [1.165, 1.54) is 6.07 Å². The van der Waals surface area contributed by atoms with Crippen molar-refractivity contribution < 1.29 is 4.39 Å². The smallest absolute Gasteiger partial charge is 0.123 e. The molecular weight excluding hydrogens is 259 g/mol. The SMILES string of the molecule is CCNC(C)(Cc1cccc(F)c1)c1nc(C)cs1. The Bertz CT molecular complexity index is 553. The van der Waals surface area contributed by atoms with Gasteiger partial charge in [-0.15, -0.1) is 11.3 Å². The summed E-state index contributed by atoms with van der Waals surface area (Å²) < 4.78 is 13.3. The zero-order chi connectivity index (χ0) is 13.9. The van der Waals surface area contributed by atoms with Gasteiger partial charge < -0.3 is 5.32 Å². The van der Waals surface area contributed by atoms with Crippen LogP contribution in [0.25, 0.3) is 0 Å². The molecule has 1 unspecified atom stereocenters. The number of halogens is 1. The molecule has 4 heteroatoms. The molecule has 0 aliphatic rings. The minimum absolute atomic E-state index is 0.188. The van der Waals surface area contributed by atoms with Gasteiger partial charge in [-0.2, -0.15) is 0 Å². The maximum Gasteiger partial charge on any atom is 0.123 e. The summed E-state index contributed by atoms with van der Waals surface area (Å²) >= 11 is 1.65. The van der Waals surface area contributed by atoms with Gasteiger partial charge in [-0.05, 0) is 44.5 Å². The standard InChI is InChI=1S/C15H19FN2S/c1-4-17-15(3,14-18-11(2)10-19-14)9-12-6-5-7-13(16)8-12/h5-8,10,17H,4,9H2,1-3H3. The molecule has 0 aliphatic carbocycles. The minimum Gasteiger partial charge on any atom is -0.306 e. The lowest BCUT2D eigenvalue weighted by Crippen LogP contribution is -2.41. The van der Waals surface area contributed by atoms with Crippen molar-refractivity contribution in [3.63, 3.8) is 0 Å². The largest absolute Gasteiger partial charge is 0.306 e. The number of hydrogen-bond donors (Lipinski definition) is 1. The first-order chi connectivity index (χ1) is 9.03. The highest BCUT2D eigenvalue weighted by Crippen LogP contribution is 2.28. The van der Waals surface area contributed by atoms with E-state index in [-0.39, 0.29) is 11.4 Å². The molecule has 0 radical (unpaired) electrons. The number of nitrogens with zero attached hydrogens (tertiary/aromatic N) is 1. The van der Waals surface area contributed by atoms with Crippen LogP contribution in [-0.2, 0) is 12.0 Å². The molecule has 19 heavy (non-hydrogen) atoms. The lowest BCUT2D eigenvalue weighted by Gasteiger charge is -2.28. The van der Waals surface area contributed by atoms with Gasteiger partial charge in [0.05, 0.1) is 5.54 Å². The summed E-state index contributed by atoms with van der Waals surface area (Å²) in [6.07, 6.45) is 0.728. The van der Waals surface area contributed by atoms with E-state index in [9.17, 15) is 4.39 Å².